The second-order valence-corrected chi connectivity index (χ2v) is 10.1. The van der Waals surface area contributed by atoms with Crippen molar-refractivity contribution < 1.29 is 14.3 Å². The molecular weight excluding hydrogens is 515 g/mol. The fourth-order valence-electron chi connectivity index (χ4n) is 4.22. The highest BCUT2D eigenvalue weighted by Crippen LogP contribution is 2.24. The lowest BCUT2D eigenvalue weighted by molar-refractivity contribution is -0.142. The highest BCUT2D eigenvalue weighted by atomic mass is 35.5. The van der Waals surface area contributed by atoms with Gasteiger partial charge in [-0.2, -0.15) is 0 Å². The van der Waals surface area contributed by atoms with Crippen molar-refractivity contribution >= 4 is 57.6 Å². The Labute approximate surface area is 226 Å². The highest BCUT2D eigenvalue weighted by molar-refractivity contribution is 6.35. The molecule has 37 heavy (non-hydrogen) atoms. The van der Waals surface area contributed by atoms with Gasteiger partial charge in [-0.15, -0.1) is 0 Å². The first kappa shape index (κ1) is 26.9. The van der Waals surface area contributed by atoms with Crippen LogP contribution in [0.2, 0.25) is 10.0 Å². The van der Waals surface area contributed by atoms with Crippen LogP contribution < -0.4 is 10.6 Å². The molecular formula is C26H30Cl2N6O3. The van der Waals surface area contributed by atoms with Crippen molar-refractivity contribution in [2.24, 2.45) is 5.92 Å². The van der Waals surface area contributed by atoms with Crippen LogP contribution >= 0.6 is 23.2 Å². The number of piperazine rings is 1. The minimum absolute atomic E-state index is 0.00629. The van der Waals surface area contributed by atoms with E-state index in [0.717, 1.165) is 10.9 Å². The maximum absolute atomic E-state index is 12.7. The van der Waals surface area contributed by atoms with Crippen molar-refractivity contribution in [1.82, 2.24) is 19.8 Å². The van der Waals surface area contributed by atoms with E-state index in [1.807, 2.05) is 38.1 Å². The molecule has 1 fully saturated rings. The van der Waals surface area contributed by atoms with Gasteiger partial charge < -0.3 is 20.3 Å². The minimum Gasteiger partial charge on any atom is -0.467 e. The zero-order chi connectivity index (χ0) is 26.5. The Morgan fingerprint density at radius 1 is 1.03 bits per heavy atom. The van der Waals surface area contributed by atoms with Crippen LogP contribution in [0.1, 0.15) is 19.7 Å². The number of nitrogens with one attached hydrogen (secondary N) is 2. The summed E-state index contributed by atoms with van der Waals surface area (Å²) in [6, 6.07) is 11.9. The number of para-hydroxylation sites is 1. The molecule has 9 nitrogen and oxygen atoms in total. The largest absolute Gasteiger partial charge is 0.467 e. The van der Waals surface area contributed by atoms with Crippen LogP contribution in [0.25, 0.3) is 10.9 Å². The summed E-state index contributed by atoms with van der Waals surface area (Å²) in [5, 5.41) is 7.89. The zero-order valence-corrected chi connectivity index (χ0v) is 22.5. The fraction of sp³-hybridized carbons (Fsp3) is 0.385. The van der Waals surface area contributed by atoms with E-state index in [-0.39, 0.29) is 17.9 Å². The van der Waals surface area contributed by atoms with Crippen LogP contribution in [-0.2, 0) is 16.1 Å². The van der Waals surface area contributed by atoms with E-state index in [1.165, 1.54) is 7.11 Å². The number of aromatic nitrogens is 2. The molecule has 1 atom stereocenters. The Kier molecular flexibility index (Phi) is 8.68. The predicted molar refractivity (Wildman–Crippen MR) is 146 cm³/mol. The van der Waals surface area contributed by atoms with Crippen molar-refractivity contribution in [3.8, 4) is 0 Å². The van der Waals surface area contributed by atoms with E-state index in [4.69, 9.17) is 37.9 Å². The van der Waals surface area contributed by atoms with Crippen molar-refractivity contribution in [3.63, 3.8) is 0 Å². The van der Waals surface area contributed by atoms with Crippen LogP contribution in [0.15, 0.2) is 42.5 Å². The first-order valence-corrected chi connectivity index (χ1v) is 12.8. The number of fused-ring (bicyclic) bond motifs is 1. The molecule has 1 aliphatic rings. The van der Waals surface area contributed by atoms with Crippen molar-refractivity contribution in [2.75, 3.05) is 43.9 Å². The smallest absolute Gasteiger partial charge is 0.328 e. The number of amides is 2. The maximum Gasteiger partial charge on any atom is 0.328 e. The molecule has 2 amide bonds. The summed E-state index contributed by atoms with van der Waals surface area (Å²) in [5.41, 5.74) is 1.35. The quantitative estimate of drug-likeness (QED) is 0.408. The lowest BCUT2D eigenvalue weighted by atomic mass is 10.0. The molecule has 1 aliphatic heterocycles. The van der Waals surface area contributed by atoms with Gasteiger partial charge in [-0.25, -0.2) is 19.6 Å². The Bertz CT molecular complexity index is 1260. The number of rotatable bonds is 7. The number of ether oxygens (including phenoxy) is 1. The Hall–Kier alpha value is -3.14. The van der Waals surface area contributed by atoms with Crippen molar-refractivity contribution in [2.45, 2.75) is 26.4 Å². The second kappa shape index (κ2) is 11.9. The molecule has 0 bridgehead atoms. The third-order valence-electron chi connectivity index (χ3n) is 6.20. The molecule has 2 N–H and O–H groups in total. The molecule has 196 valence electrons. The number of benzene rings is 2. The minimum atomic E-state index is -0.535. The zero-order valence-electron chi connectivity index (χ0n) is 21.0. The van der Waals surface area contributed by atoms with Crippen LogP contribution in [0, 0.1) is 5.92 Å². The summed E-state index contributed by atoms with van der Waals surface area (Å²) in [4.78, 5) is 38.5. The summed E-state index contributed by atoms with van der Waals surface area (Å²) >= 11 is 12.1. The van der Waals surface area contributed by atoms with Crippen LogP contribution in [0.5, 0.6) is 0 Å². The fourth-order valence-corrected chi connectivity index (χ4v) is 4.74. The van der Waals surface area contributed by atoms with Gasteiger partial charge in [-0.1, -0.05) is 49.2 Å². The number of carbonyl (C=O) groups is 2. The van der Waals surface area contributed by atoms with E-state index >= 15 is 0 Å². The first-order valence-electron chi connectivity index (χ1n) is 12.1. The van der Waals surface area contributed by atoms with Gasteiger partial charge in [0.15, 0.2) is 0 Å². The monoisotopic (exact) mass is 544 g/mol. The summed E-state index contributed by atoms with van der Waals surface area (Å²) in [5.74, 6) is 0.906. The lowest BCUT2D eigenvalue weighted by Crippen LogP contribution is -2.49. The van der Waals surface area contributed by atoms with Gasteiger partial charge in [0, 0.05) is 47.3 Å². The van der Waals surface area contributed by atoms with Crippen LogP contribution in [0.3, 0.4) is 0 Å². The number of esters is 1. The van der Waals surface area contributed by atoms with E-state index in [2.05, 4.69) is 15.5 Å². The molecule has 2 aromatic carbocycles. The topological polar surface area (TPSA) is 99.7 Å². The molecule has 1 saturated heterocycles. The van der Waals surface area contributed by atoms with Gasteiger partial charge in [0.1, 0.15) is 17.7 Å². The summed E-state index contributed by atoms with van der Waals surface area (Å²) in [6.07, 6.45) is 0. The Morgan fingerprint density at radius 2 is 1.70 bits per heavy atom. The Morgan fingerprint density at radius 3 is 2.35 bits per heavy atom. The number of methoxy groups -OCH3 is 1. The number of anilines is 2. The highest BCUT2D eigenvalue weighted by Gasteiger charge is 2.26. The third kappa shape index (κ3) is 6.80. The number of nitrogens with zero attached hydrogens (tertiary/aromatic N) is 4. The number of hydrogen-bond donors (Lipinski definition) is 2. The summed E-state index contributed by atoms with van der Waals surface area (Å²) in [7, 11) is 1.38. The standard InChI is InChI=1S/C26H30Cl2N6O3/c1-16(2)23(25(35)37-3)32-24-20-6-4-5-7-21(20)30-22(31-24)15-33-8-10-34(11-9-33)26(36)29-19-13-17(27)12-18(28)14-19/h4-7,12-14,16,23H,8-11,15H2,1-3H3,(H,29,36)(H,30,31,32)/t23-/m0/s1. The van der Waals surface area contributed by atoms with Crippen molar-refractivity contribution in [1.29, 1.82) is 0 Å². The van der Waals surface area contributed by atoms with Crippen molar-refractivity contribution in [3.05, 3.63) is 58.3 Å². The van der Waals surface area contributed by atoms with Crippen LogP contribution in [-0.4, -0.2) is 71.1 Å². The van der Waals surface area contributed by atoms with Gasteiger partial charge in [0.05, 0.1) is 19.2 Å². The predicted octanol–water partition coefficient (Wildman–Crippen LogP) is 4.90. The molecule has 0 unspecified atom stereocenters. The number of urea groups is 1. The third-order valence-corrected chi connectivity index (χ3v) is 6.64. The Balaban J connectivity index is 1.43. The molecule has 0 saturated carbocycles. The average Bonchev–Trinajstić information content (AvgIpc) is 2.86. The van der Waals surface area contributed by atoms with Gasteiger partial charge >= 0.3 is 12.0 Å². The maximum atomic E-state index is 12.7. The molecule has 2 heterocycles. The SMILES string of the molecule is COC(=O)[C@@H](Nc1nc(CN2CCN(C(=O)Nc3cc(Cl)cc(Cl)c3)CC2)nc2ccccc12)C(C)C. The molecule has 11 heteroatoms. The second-order valence-electron chi connectivity index (χ2n) is 9.25. The van der Waals surface area contributed by atoms with Gasteiger partial charge in [-0.3, -0.25) is 4.90 Å². The average molecular weight is 545 g/mol. The van der Waals surface area contributed by atoms with Gasteiger partial charge in [-0.05, 0) is 36.2 Å². The van der Waals surface area contributed by atoms with E-state index in [1.54, 1.807) is 23.1 Å². The van der Waals surface area contributed by atoms with Gasteiger partial charge in [0.25, 0.3) is 0 Å². The van der Waals surface area contributed by atoms with E-state index in [0.29, 0.717) is 60.1 Å². The molecule has 0 aliphatic carbocycles. The van der Waals surface area contributed by atoms with E-state index < -0.39 is 6.04 Å². The number of carbonyl (C=O) groups excluding carboxylic acids is 2. The molecule has 0 radical (unpaired) electrons. The van der Waals surface area contributed by atoms with E-state index in [9.17, 15) is 9.59 Å². The lowest BCUT2D eigenvalue weighted by Gasteiger charge is -2.34. The first-order chi connectivity index (χ1) is 17.7. The number of halogens is 2. The number of hydrogen-bond acceptors (Lipinski definition) is 7. The molecule has 0 spiro atoms. The molecule has 3 aromatic rings. The molecule has 1 aromatic heterocycles. The summed E-state index contributed by atoms with van der Waals surface area (Å²) in [6.45, 7) is 6.86. The molecule has 4 rings (SSSR count). The van der Waals surface area contributed by atoms with Gasteiger partial charge in [0.2, 0.25) is 0 Å². The summed E-state index contributed by atoms with van der Waals surface area (Å²) < 4.78 is 4.98. The van der Waals surface area contributed by atoms with Crippen LogP contribution in [0.4, 0.5) is 16.3 Å². The normalized spacial score (nSPS) is 15.0.